The molecule has 1 aromatic carbocycles. The SMILES string of the molecule is CCNC(=NCC1(c2ccccc2)CCC1)N1CCCC1.I. The van der Waals surface area contributed by atoms with Crippen LogP contribution in [0.1, 0.15) is 44.6 Å². The summed E-state index contributed by atoms with van der Waals surface area (Å²) >= 11 is 0. The van der Waals surface area contributed by atoms with Crippen molar-refractivity contribution in [1.82, 2.24) is 10.2 Å². The molecule has 3 nitrogen and oxygen atoms in total. The number of nitrogens with one attached hydrogen (secondary N) is 1. The Hall–Kier alpha value is -0.780. The van der Waals surface area contributed by atoms with Crippen molar-refractivity contribution in [2.75, 3.05) is 26.2 Å². The van der Waals surface area contributed by atoms with Crippen LogP contribution in [0, 0.1) is 0 Å². The molecule has 0 radical (unpaired) electrons. The van der Waals surface area contributed by atoms with Gasteiger partial charge in [0.15, 0.2) is 5.96 Å². The average Bonchev–Trinajstić information content (AvgIpc) is 3.00. The first-order valence-electron chi connectivity index (χ1n) is 8.43. The highest BCUT2D eigenvalue weighted by Gasteiger charge is 2.38. The van der Waals surface area contributed by atoms with E-state index in [9.17, 15) is 0 Å². The highest BCUT2D eigenvalue weighted by Crippen LogP contribution is 2.43. The first kappa shape index (κ1) is 17.6. The monoisotopic (exact) mass is 413 g/mol. The maximum atomic E-state index is 5.00. The second-order valence-electron chi connectivity index (χ2n) is 6.36. The van der Waals surface area contributed by atoms with Gasteiger partial charge >= 0.3 is 0 Å². The molecule has 0 bridgehead atoms. The molecule has 1 N–H and O–H groups in total. The fraction of sp³-hybridized carbons (Fsp3) is 0.611. The van der Waals surface area contributed by atoms with Gasteiger partial charge in [-0.15, -0.1) is 24.0 Å². The number of hydrogen-bond acceptors (Lipinski definition) is 1. The van der Waals surface area contributed by atoms with E-state index in [1.54, 1.807) is 0 Å². The van der Waals surface area contributed by atoms with Crippen molar-refractivity contribution in [3.63, 3.8) is 0 Å². The van der Waals surface area contributed by atoms with Crippen molar-refractivity contribution in [2.45, 2.75) is 44.4 Å². The highest BCUT2D eigenvalue weighted by atomic mass is 127. The van der Waals surface area contributed by atoms with E-state index in [4.69, 9.17) is 4.99 Å². The molecule has 1 aromatic rings. The third-order valence-corrected chi connectivity index (χ3v) is 4.97. The van der Waals surface area contributed by atoms with Crippen LogP contribution in [0.15, 0.2) is 35.3 Å². The minimum absolute atomic E-state index is 0. The second-order valence-corrected chi connectivity index (χ2v) is 6.36. The van der Waals surface area contributed by atoms with E-state index in [1.807, 2.05) is 0 Å². The van der Waals surface area contributed by atoms with E-state index in [0.717, 1.165) is 32.1 Å². The minimum Gasteiger partial charge on any atom is -0.357 e. The summed E-state index contributed by atoms with van der Waals surface area (Å²) in [5.41, 5.74) is 1.76. The summed E-state index contributed by atoms with van der Waals surface area (Å²) in [6, 6.07) is 11.0. The van der Waals surface area contributed by atoms with Crippen molar-refractivity contribution in [3.8, 4) is 0 Å². The van der Waals surface area contributed by atoms with Gasteiger partial charge in [0, 0.05) is 25.0 Å². The molecule has 1 aliphatic heterocycles. The maximum absolute atomic E-state index is 5.00. The Bertz CT molecular complexity index is 476. The number of likely N-dealkylation sites (tertiary alicyclic amines) is 1. The van der Waals surface area contributed by atoms with Crippen LogP contribution in [0.3, 0.4) is 0 Å². The summed E-state index contributed by atoms with van der Waals surface area (Å²) in [6.07, 6.45) is 6.49. The number of halogens is 1. The lowest BCUT2D eigenvalue weighted by atomic mass is 9.64. The predicted octanol–water partition coefficient (Wildman–Crippen LogP) is 3.79. The Labute approximate surface area is 151 Å². The molecule has 1 saturated carbocycles. The number of benzene rings is 1. The fourth-order valence-electron chi connectivity index (χ4n) is 3.51. The molecule has 22 heavy (non-hydrogen) atoms. The van der Waals surface area contributed by atoms with Crippen LogP contribution in [0.25, 0.3) is 0 Å². The zero-order valence-corrected chi connectivity index (χ0v) is 15.9. The van der Waals surface area contributed by atoms with Crippen molar-refractivity contribution in [1.29, 1.82) is 0 Å². The summed E-state index contributed by atoms with van der Waals surface area (Å²) in [6.45, 7) is 6.35. The summed E-state index contributed by atoms with van der Waals surface area (Å²) < 4.78 is 0. The van der Waals surface area contributed by atoms with Crippen molar-refractivity contribution in [2.24, 2.45) is 4.99 Å². The van der Waals surface area contributed by atoms with Crippen molar-refractivity contribution >= 4 is 29.9 Å². The molecule has 1 aliphatic carbocycles. The van der Waals surface area contributed by atoms with Crippen LogP contribution in [0.2, 0.25) is 0 Å². The van der Waals surface area contributed by atoms with Crippen LogP contribution >= 0.6 is 24.0 Å². The molecule has 2 fully saturated rings. The van der Waals surface area contributed by atoms with E-state index < -0.39 is 0 Å². The van der Waals surface area contributed by atoms with Gasteiger partial charge in [-0.3, -0.25) is 4.99 Å². The Morgan fingerprint density at radius 2 is 1.82 bits per heavy atom. The van der Waals surface area contributed by atoms with Gasteiger partial charge in [0.2, 0.25) is 0 Å². The maximum Gasteiger partial charge on any atom is 0.193 e. The normalized spacial score (nSPS) is 20.2. The minimum atomic E-state index is 0. The number of nitrogens with zero attached hydrogens (tertiary/aromatic N) is 2. The third kappa shape index (κ3) is 3.76. The lowest BCUT2D eigenvalue weighted by molar-refractivity contribution is 0.252. The number of guanidine groups is 1. The zero-order valence-electron chi connectivity index (χ0n) is 13.6. The van der Waals surface area contributed by atoms with Crippen LogP contribution in [-0.4, -0.2) is 37.0 Å². The smallest absolute Gasteiger partial charge is 0.193 e. The third-order valence-electron chi connectivity index (χ3n) is 4.97. The van der Waals surface area contributed by atoms with E-state index in [1.165, 1.54) is 37.7 Å². The molecule has 0 atom stereocenters. The highest BCUT2D eigenvalue weighted by molar-refractivity contribution is 14.0. The lowest BCUT2D eigenvalue weighted by Gasteiger charge is -2.41. The summed E-state index contributed by atoms with van der Waals surface area (Å²) in [4.78, 5) is 7.42. The van der Waals surface area contributed by atoms with Gasteiger partial charge in [0.1, 0.15) is 0 Å². The predicted molar refractivity (Wildman–Crippen MR) is 104 cm³/mol. The Kier molecular flexibility index (Phi) is 6.53. The Balaban J connectivity index is 0.00000176. The molecule has 122 valence electrons. The topological polar surface area (TPSA) is 27.6 Å². The zero-order chi connectivity index (χ0) is 14.5. The largest absolute Gasteiger partial charge is 0.357 e. The van der Waals surface area contributed by atoms with Crippen LogP contribution in [0.5, 0.6) is 0 Å². The van der Waals surface area contributed by atoms with Gasteiger partial charge in [0.25, 0.3) is 0 Å². The summed E-state index contributed by atoms with van der Waals surface area (Å²) in [5.74, 6) is 1.12. The Morgan fingerprint density at radius 3 is 2.36 bits per heavy atom. The van der Waals surface area contributed by atoms with Gasteiger partial charge in [-0.2, -0.15) is 0 Å². The van der Waals surface area contributed by atoms with Gasteiger partial charge in [-0.25, -0.2) is 0 Å². The van der Waals surface area contributed by atoms with Gasteiger partial charge in [-0.1, -0.05) is 36.8 Å². The first-order chi connectivity index (χ1) is 10.3. The standard InChI is InChI=1S/C18H27N3.HI/c1-2-19-17(21-13-6-7-14-21)20-15-18(11-8-12-18)16-9-4-3-5-10-16;/h3-5,9-10H,2,6-8,11-15H2,1H3,(H,19,20);1H. The fourth-order valence-corrected chi connectivity index (χ4v) is 3.51. The molecule has 4 heteroatoms. The van der Waals surface area contributed by atoms with E-state index in [2.05, 4.69) is 47.5 Å². The number of hydrogen-bond donors (Lipinski definition) is 1. The van der Waals surface area contributed by atoms with Crippen LogP contribution in [-0.2, 0) is 5.41 Å². The average molecular weight is 413 g/mol. The Morgan fingerprint density at radius 1 is 1.14 bits per heavy atom. The van der Waals surface area contributed by atoms with Gasteiger partial charge in [-0.05, 0) is 38.2 Å². The molecule has 1 saturated heterocycles. The summed E-state index contributed by atoms with van der Waals surface area (Å²) in [7, 11) is 0. The molecule has 0 unspecified atom stereocenters. The number of aliphatic imine (C=N–C) groups is 1. The molecule has 0 amide bonds. The number of rotatable bonds is 4. The van der Waals surface area contributed by atoms with E-state index >= 15 is 0 Å². The molecule has 0 spiro atoms. The quantitative estimate of drug-likeness (QED) is 0.462. The molecular formula is C18H28IN3. The van der Waals surface area contributed by atoms with Crippen molar-refractivity contribution in [3.05, 3.63) is 35.9 Å². The van der Waals surface area contributed by atoms with Gasteiger partial charge < -0.3 is 10.2 Å². The first-order valence-corrected chi connectivity index (χ1v) is 8.43. The molecule has 2 aliphatic rings. The summed E-state index contributed by atoms with van der Waals surface area (Å²) in [5, 5.41) is 3.47. The van der Waals surface area contributed by atoms with E-state index in [-0.39, 0.29) is 24.0 Å². The molecule has 0 aromatic heterocycles. The molecule has 1 heterocycles. The van der Waals surface area contributed by atoms with E-state index in [0.29, 0.717) is 5.41 Å². The lowest BCUT2D eigenvalue weighted by Crippen LogP contribution is -2.42. The van der Waals surface area contributed by atoms with Crippen molar-refractivity contribution < 1.29 is 0 Å². The van der Waals surface area contributed by atoms with Gasteiger partial charge in [0.05, 0.1) is 6.54 Å². The molecule has 3 rings (SSSR count). The molecular weight excluding hydrogens is 385 g/mol. The van der Waals surface area contributed by atoms with Crippen LogP contribution in [0.4, 0.5) is 0 Å². The second kappa shape index (κ2) is 8.18. The van der Waals surface area contributed by atoms with Crippen LogP contribution < -0.4 is 5.32 Å².